The number of methoxy groups -OCH3 is 1. The van der Waals surface area contributed by atoms with Gasteiger partial charge in [-0.3, -0.25) is 9.69 Å². The van der Waals surface area contributed by atoms with E-state index >= 15 is 0 Å². The van der Waals surface area contributed by atoms with E-state index in [1.54, 1.807) is 7.11 Å². The molecule has 0 bridgehead atoms. The van der Waals surface area contributed by atoms with Gasteiger partial charge in [0.05, 0.1) is 48.7 Å². The molecule has 2 fully saturated rings. The van der Waals surface area contributed by atoms with Crippen molar-refractivity contribution in [2.45, 2.75) is 53.0 Å². The van der Waals surface area contributed by atoms with Gasteiger partial charge in [0.15, 0.2) is 0 Å². The lowest BCUT2D eigenvalue weighted by molar-refractivity contribution is -0.0746. The van der Waals surface area contributed by atoms with Crippen LogP contribution in [0.25, 0.3) is 44.3 Å². The summed E-state index contributed by atoms with van der Waals surface area (Å²) in [5.41, 5.74) is 7.50. The first-order chi connectivity index (χ1) is 21.5. The van der Waals surface area contributed by atoms with Gasteiger partial charge in [-0.2, -0.15) is 0 Å². The minimum Gasteiger partial charge on any atom is -0.496 e. The molecular weight excluding hydrogens is 568 g/mol. The van der Waals surface area contributed by atoms with E-state index in [0.29, 0.717) is 36.3 Å². The Bertz CT molecular complexity index is 1920. The molecule has 1 N–H and O–H groups in total. The molecule has 0 aliphatic carbocycles. The molecule has 234 valence electrons. The number of carbonyl (C=O) groups is 1. The van der Waals surface area contributed by atoms with Crippen LogP contribution >= 0.6 is 0 Å². The predicted octanol–water partition coefficient (Wildman–Crippen LogP) is 5.82. The molecule has 2 aromatic carbocycles. The van der Waals surface area contributed by atoms with E-state index in [1.807, 2.05) is 37.8 Å². The lowest BCUT2D eigenvalue weighted by Crippen LogP contribution is -2.57. The van der Waals surface area contributed by atoms with E-state index in [2.05, 4.69) is 54.0 Å². The van der Waals surface area contributed by atoms with Gasteiger partial charge in [-0.25, -0.2) is 9.97 Å². The quantitative estimate of drug-likeness (QED) is 0.266. The molecule has 1 amide bonds. The van der Waals surface area contributed by atoms with Crippen molar-refractivity contribution in [2.75, 3.05) is 46.5 Å². The number of piperazine rings is 1. The van der Waals surface area contributed by atoms with Crippen LogP contribution in [0.15, 0.2) is 34.9 Å². The first kappa shape index (κ1) is 29.4. The van der Waals surface area contributed by atoms with Gasteiger partial charge in [-0.05, 0) is 62.1 Å². The summed E-state index contributed by atoms with van der Waals surface area (Å²) in [5.74, 6) is 2.13. The number of ether oxygens (including phenoxy) is 2. The van der Waals surface area contributed by atoms with E-state index < -0.39 is 0 Å². The third kappa shape index (κ3) is 5.15. The fourth-order valence-electron chi connectivity index (χ4n) is 6.60. The molecule has 2 aliphatic heterocycles. The van der Waals surface area contributed by atoms with Crippen LogP contribution in [0.2, 0.25) is 0 Å². The van der Waals surface area contributed by atoms with Crippen LogP contribution in [-0.4, -0.2) is 88.4 Å². The number of amides is 1. The van der Waals surface area contributed by atoms with Crippen LogP contribution in [0.3, 0.4) is 0 Å². The summed E-state index contributed by atoms with van der Waals surface area (Å²) >= 11 is 0. The average molecular weight is 609 g/mol. The summed E-state index contributed by atoms with van der Waals surface area (Å²) < 4.78 is 16.8. The lowest BCUT2D eigenvalue weighted by Gasteiger charge is -2.42. The van der Waals surface area contributed by atoms with E-state index in [1.165, 1.54) is 0 Å². The normalized spacial score (nSPS) is 16.5. The Morgan fingerprint density at radius 3 is 2.38 bits per heavy atom. The summed E-state index contributed by atoms with van der Waals surface area (Å²) in [6, 6.07) is 10.8. The van der Waals surface area contributed by atoms with Crippen molar-refractivity contribution < 1.29 is 18.8 Å². The number of H-pyrrole nitrogens is 1. The zero-order chi connectivity index (χ0) is 31.6. The number of aromatic amines is 1. The maximum Gasteiger partial charge on any atom is 0.253 e. The molecule has 0 spiro atoms. The topological polar surface area (TPSA) is 110 Å². The fourth-order valence-corrected chi connectivity index (χ4v) is 6.60. The van der Waals surface area contributed by atoms with Crippen molar-refractivity contribution in [3.8, 4) is 28.1 Å². The average Bonchev–Trinajstić information content (AvgIpc) is 3.51. The number of nitrogens with one attached hydrogen (secondary N) is 1. The summed E-state index contributed by atoms with van der Waals surface area (Å²) in [6.45, 7) is 17.0. The fraction of sp³-hybridized carbons (Fsp3) is 0.429. The minimum atomic E-state index is -0.179. The smallest absolute Gasteiger partial charge is 0.253 e. The summed E-state index contributed by atoms with van der Waals surface area (Å²) in [7, 11) is 1.67. The highest BCUT2D eigenvalue weighted by Crippen LogP contribution is 2.42. The molecule has 5 aromatic rings. The largest absolute Gasteiger partial charge is 0.496 e. The van der Waals surface area contributed by atoms with Gasteiger partial charge in [0.25, 0.3) is 5.91 Å². The zero-order valence-corrected chi connectivity index (χ0v) is 27.1. The molecule has 10 heteroatoms. The molecule has 0 radical (unpaired) electrons. The van der Waals surface area contributed by atoms with Crippen LogP contribution < -0.4 is 4.74 Å². The van der Waals surface area contributed by atoms with Crippen molar-refractivity contribution in [3.05, 3.63) is 58.7 Å². The van der Waals surface area contributed by atoms with Crippen LogP contribution in [-0.2, 0) is 10.2 Å². The standard InChI is InChI=1S/C35H40N6O4/c1-19-30(20(2)45-39-19)27-15-28-26(16-29(27)43-7)31-32(36-21(3)37-33(31)38-28)22-12-23(14-24(13-22)35(4,5)6)34(42)41-10-8-40(9-11-41)25-17-44-18-25/h12-16,25H,8-11,17-18H2,1-7H3,(H,36,37,38). The Morgan fingerprint density at radius 1 is 1.00 bits per heavy atom. The summed E-state index contributed by atoms with van der Waals surface area (Å²) in [5, 5.41) is 5.99. The SMILES string of the molecule is COc1cc2c(cc1-c1c(C)noc1C)[nH]c1nc(C)nc(-c3cc(C(=O)N4CCN(C5COC5)CC4)cc(C(C)(C)C)c3)c12. The van der Waals surface area contributed by atoms with Gasteiger partial charge >= 0.3 is 0 Å². The van der Waals surface area contributed by atoms with E-state index in [-0.39, 0.29) is 11.3 Å². The number of hydrogen-bond acceptors (Lipinski definition) is 8. The second-order valence-corrected chi connectivity index (χ2v) is 13.3. The van der Waals surface area contributed by atoms with E-state index in [9.17, 15) is 4.79 Å². The lowest BCUT2D eigenvalue weighted by atomic mass is 9.84. The number of fused-ring (bicyclic) bond motifs is 3. The first-order valence-corrected chi connectivity index (χ1v) is 15.6. The highest BCUT2D eigenvalue weighted by Gasteiger charge is 2.31. The molecule has 45 heavy (non-hydrogen) atoms. The molecule has 7 rings (SSSR count). The second-order valence-electron chi connectivity index (χ2n) is 13.3. The van der Waals surface area contributed by atoms with Crippen molar-refractivity contribution in [2.24, 2.45) is 0 Å². The van der Waals surface area contributed by atoms with Crippen LogP contribution in [0.1, 0.15) is 54.0 Å². The van der Waals surface area contributed by atoms with Crippen molar-refractivity contribution in [3.63, 3.8) is 0 Å². The minimum absolute atomic E-state index is 0.0542. The van der Waals surface area contributed by atoms with Crippen LogP contribution in [0, 0.1) is 20.8 Å². The Morgan fingerprint density at radius 2 is 1.76 bits per heavy atom. The van der Waals surface area contributed by atoms with Gasteiger partial charge in [-0.1, -0.05) is 25.9 Å². The van der Waals surface area contributed by atoms with Gasteiger partial charge in [-0.15, -0.1) is 0 Å². The number of benzene rings is 2. The molecule has 5 heterocycles. The molecule has 0 saturated carbocycles. The number of hydrogen-bond donors (Lipinski definition) is 1. The maximum atomic E-state index is 14.0. The monoisotopic (exact) mass is 608 g/mol. The first-order valence-electron chi connectivity index (χ1n) is 15.6. The predicted molar refractivity (Wildman–Crippen MR) is 174 cm³/mol. The summed E-state index contributed by atoms with van der Waals surface area (Å²) in [4.78, 5) is 31.8. The van der Waals surface area contributed by atoms with E-state index in [0.717, 1.165) is 87.6 Å². The zero-order valence-electron chi connectivity index (χ0n) is 27.1. The van der Waals surface area contributed by atoms with Gasteiger partial charge in [0, 0.05) is 53.8 Å². The highest BCUT2D eigenvalue weighted by molar-refractivity contribution is 6.14. The van der Waals surface area contributed by atoms with Crippen molar-refractivity contribution in [1.82, 2.24) is 29.9 Å². The molecule has 2 saturated heterocycles. The number of rotatable bonds is 5. The Labute approximate surface area is 262 Å². The number of aryl methyl sites for hydroxylation is 3. The van der Waals surface area contributed by atoms with Crippen LogP contribution in [0.5, 0.6) is 5.75 Å². The molecule has 3 aromatic heterocycles. The van der Waals surface area contributed by atoms with Gasteiger partial charge in [0.1, 0.15) is 23.0 Å². The molecule has 2 aliphatic rings. The van der Waals surface area contributed by atoms with E-state index in [4.69, 9.17) is 24.0 Å². The van der Waals surface area contributed by atoms with Gasteiger partial charge < -0.3 is 23.9 Å². The van der Waals surface area contributed by atoms with Crippen molar-refractivity contribution in [1.29, 1.82) is 0 Å². The molecule has 10 nitrogen and oxygen atoms in total. The highest BCUT2D eigenvalue weighted by atomic mass is 16.5. The summed E-state index contributed by atoms with van der Waals surface area (Å²) in [6.07, 6.45) is 0. The van der Waals surface area contributed by atoms with Gasteiger partial charge in [0.2, 0.25) is 0 Å². The number of aromatic nitrogens is 4. The van der Waals surface area contributed by atoms with Crippen LogP contribution in [0.4, 0.5) is 0 Å². The molecule has 0 unspecified atom stereocenters. The van der Waals surface area contributed by atoms with Crippen molar-refractivity contribution >= 4 is 27.8 Å². The third-order valence-corrected chi connectivity index (χ3v) is 9.24. The maximum absolute atomic E-state index is 14.0. The number of carbonyl (C=O) groups excluding carboxylic acids is 1. The Hall–Kier alpha value is -4.28. The Kier molecular flexibility index (Phi) is 7.17. The molecular formula is C35H40N6O4. The third-order valence-electron chi connectivity index (χ3n) is 9.24. The Balaban J connectivity index is 1.35. The molecule has 0 atom stereocenters. The second kappa shape index (κ2) is 11.0. The number of nitrogens with zero attached hydrogens (tertiary/aromatic N) is 5.